The van der Waals surface area contributed by atoms with Crippen molar-refractivity contribution in [3.8, 4) is 22.8 Å². The van der Waals surface area contributed by atoms with Crippen molar-refractivity contribution in [1.29, 1.82) is 0 Å². The smallest absolute Gasteiger partial charge is 0.226 e. The van der Waals surface area contributed by atoms with E-state index in [-0.39, 0.29) is 5.91 Å². The number of anilines is 1. The Morgan fingerprint density at radius 2 is 2.17 bits per heavy atom. The highest BCUT2D eigenvalue weighted by atomic mass is 32.1. The highest BCUT2D eigenvalue weighted by Gasteiger charge is 2.16. The summed E-state index contributed by atoms with van der Waals surface area (Å²) in [7, 11) is 0. The molecule has 0 radical (unpaired) electrons. The van der Waals surface area contributed by atoms with Crippen molar-refractivity contribution in [2.24, 2.45) is 5.92 Å². The van der Waals surface area contributed by atoms with Gasteiger partial charge >= 0.3 is 0 Å². The van der Waals surface area contributed by atoms with E-state index in [1.807, 2.05) is 23.6 Å². The van der Waals surface area contributed by atoms with Crippen molar-refractivity contribution >= 4 is 22.4 Å². The number of carbonyl (C=O) groups is 1. The molecule has 4 rings (SSSR count). The van der Waals surface area contributed by atoms with Crippen molar-refractivity contribution in [1.82, 2.24) is 4.98 Å². The van der Waals surface area contributed by atoms with Gasteiger partial charge in [-0.2, -0.15) is 0 Å². The molecule has 1 aliphatic carbocycles. The minimum Gasteiger partial charge on any atom is -0.486 e. The molecule has 1 aliphatic heterocycles. The fourth-order valence-corrected chi connectivity index (χ4v) is 3.68. The van der Waals surface area contributed by atoms with Gasteiger partial charge in [-0.3, -0.25) is 4.79 Å². The first-order chi connectivity index (χ1) is 11.8. The summed E-state index contributed by atoms with van der Waals surface area (Å²) in [6.45, 7) is 1.14. The zero-order valence-corrected chi connectivity index (χ0v) is 14.0. The van der Waals surface area contributed by atoms with Crippen LogP contribution in [0, 0.1) is 5.92 Å². The lowest BCUT2D eigenvalue weighted by Crippen LogP contribution is -2.15. The molecule has 1 unspecified atom stereocenters. The molecule has 2 aliphatic rings. The molecule has 1 atom stereocenters. The van der Waals surface area contributed by atoms with Crippen LogP contribution in [0.1, 0.15) is 19.3 Å². The molecule has 6 heteroatoms. The Bertz CT molecular complexity index is 784. The number of allylic oxidation sites excluding steroid dienone is 2. The lowest BCUT2D eigenvalue weighted by molar-refractivity contribution is -0.116. The van der Waals surface area contributed by atoms with Gasteiger partial charge in [0.15, 0.2) is 16.6 Å². The summed E-state index contributed by atoms with van der Waals surface area (Å²) in [6, 6.07) is 5.78. The molecular weight excluding hydrogens is 324 g/mol. The van der Waals surface area contributed by atoms with Gasteiger partial charge in [-0.15, -0.1) is 11.3 Å². The third kappa shape index (κ3) is 3.28. The van der Waals surface area contributed by atoms with Crippen LogP contribution in [0.5, 0.6) is 11.5 Å². The van der Waals surface area contributed by atoms with Crippen LogP contribution in [0.4, 0.5) is 5.13 Å². The third-order valence-electron chi connectivity index (χ3n) is 4.15. The number of hydrogen-bond acceptors (Lipinski definition) is 5. The molecule has 0 bridgehead atoms. The molecule has 1 N–H and O–H groups in total. The fourth-order valence-electron chi connectivity index (χ4n) is 2.94. The molecule has 2 heterocycles. The van der Waals surface area contributed by atoms with E-state index in [1.54, 1.807) is 0 Å². The van der Waals surface area contributed by atoms with Crippen LogP contribution in [0.25, 0.3) is 11.3 Å². The molecule has 1 aromatic heterocycles. The maximum Gasteiger partial charge on any atom is 0.226 e. The zero-order chi connectivity index (χ0) is 16.4. The van der Waals surface area contributed by atoms with E-state index in [1.165, 1.54) is 11.3 Å². The topological polar surface area (TPSA) is 60.5 Å². The van der Waals surface area contributed by atoms with Crippen LogP contribution >= 0.6 is 11.3 Å². The minimum absolute atomic E-state index is 0.0228. The number of benzene rings is 1. The molecule has 0 saturated heterocycles. The highest BCUT2D eigenvalue weighted by molar-refractivity contribution is 7.14. The van der Waals surface area contributed by atoms with E-state index >= 15 is 0 Å². The van der Waals surface area contributed by atoms with Gasteiger partial charge in [-0.1, -0.05) is 12.2 Å². The maximum atomic E-state index is 12.1. The summed E-state index contributed by atoms with van der Waals surface area (Å²) >= 11 is 1.43. The number of amides is 1. The Morgan fingerprint density at radius 1 is 1.29 bits per heavy atom. The molecule has 1 amide bonds. The van der Waals surface area contributed by atoms with Gasteiger partial charge in [-0.25, -0.2) is 4.98 Å². The number of aromatic nitrogens is 1. The third-order valence-corrected chi connectivity index (χ3v) is 4.91. The number of nitrogens with zero attached hydrogens (tertiary/aromatic N) is 1. The van der Waals surface area contributed by atoms with Crippen molar-refractivity contribution in [3.63, 3.8) is 0 Å². The number of carbonyl (C=O) groups excluding carboxylic acids is 1. The second-order valence-corrected chi connectivity index (χ2v) is 6.77. The summed E-state index contributed by atoms with van der Waals surface area (Å²) in [5, 5.41) is 5.47. The first-order valence-electron chi connectivity index (χ1n) is 8.10. The lowest BCUT2D eigenvalue weighted by atomic mass is 10.1. The Morgan fingerprint density at radius 3 is 3.00 bits per heavy atom. The van der Waals surface area contributed by atoms with Gasteiger partial charge < -0.3 is 14.8 Å². The summed E-state index contributed by atoms with van der Waals surface area (Å²) in [5.41, 5.74) is 1.78. The summed E-state index contributed by atoms with van der Waals surface area (Å²) in [6.07, 6.45) is 6.93. The van der Waals surface area contributed by atoms with E-state index in [9.17, 15) is 4.79 Å². The number of hydrogen-bond donors (Lipinski definition) is 1. The monoisotopic (exact) mass is 342 g/mol. The number of rotatable bonds is 4. The molecule has 0 spiro atoms. The van der Waals surface area contributed by atoms with Gasteiger partial charge in [0.1, 0.15) is 13.2 Å². The molecule has 0 saturated carbocycles. The van der Waals surface area contributed by atoms with Gasteiger partial charge in [0.25, 0.3) is 0 Å². The van der Waals surface area contributed by atoms with Crippen LogP contribution in [0.3, 0.4) is 0 Å². The Kier molecular flexibility index (Phi) is 4.21. The Labute approximate surface area is 144 Å². The molecule has 2 aromatic rings. The predicted molar refractivity (Wildman–Crippen MR) is 93.7 cm³/mol. The van der Waals surface area contributed by atoms with Crippen molar-refractivity contribution in [2.75, 3.05) is 18.5 Å². The van der Waals surface area contributed by atoms with E-state index < -0.39 is 0 Å². The quantitative estimate of drug-likeness (QED) is 0.857. The van der Waals surface area contributed by atoms with Crippen molar-refractivity contribution < 1.29 is 14.3 Å². The van der Waals surface area contributed by atoms with E-state index in [0.29, 0.717) is 30.7 Å². The minimum atomic E-state index is 0.0228. The van der Waals surface area contributed by atoms with Gasteiger partial charge in [0.05, 0.1) is 5.69 Å². The van der Waals surface area contributed by atoms with Crippen LogP contribution in [-0.2, 0) is 4.79 Å². The zero-order valence-electron chi connectivity index (χ0n) is 13.2. The normalized spacial score (nSPS) is 18.6. The maximum absolute atomic E-state index is 12.1. The molecule has 5 nitrogen and oxygen atoms in total. The summed E-state index contributed by atoms with van der Waals surface area (Å²) in [4.78, 5) is 16.6. The number of ether oxygens (including phenoxy) is 2. The van der Waals surface area contributed by atoms with Crippen molar-refractivity contribution in [2.45, 2.75) is 19.3 Å². The van der Waals surface area contributed by atoms with Crippen LogP contribution < -0.4 is 14.8 Å². The summed E-state index contributed by atoms with van der Waals surface area (Å²) in [5.74, 6) is 1.89. The van der Waals surface area contributed by atoms with Gasteiger partial charge in [-0.05, 0) is 37.0 Å². The SMILES string of the molecule is O=C(CC1C=CCC1)Nc1nc(-c2ccc3c(c2)OCCO3)cs1. The fraction of sp³-hybridized carbons (Fsp3) is 0.333. The number of thiazole rings is 1. The first kappa shape index (κ1) is 15.2. The second kappa shape index (κ2) is 6.65. The average molecular weight is 342 g/mol. The van der Waals surface area contributed by atoms with Crippen LogP contribution in [0.15, 0.2) is 35.7 Å². The highest BCUT2D eigenvalue weighted by Crippen LogP contribution is 2.35. The first-order valence-corrected chi connectivity index (χ1v) is 8.98. The number of fused-ring (bicyclic) bond motifs is 1. The van der Waals surface area contributed by atoms with Crippen LogP contribution in [-0.4, -0.2) is 24.1 Å². The second-order valence-electron chi connectivity index (χ2n) is 5.91. The molecule has 0 fully saturated rings. The Hall–Kier alpha value is -2.34. The standard InChI is InChI=1S/C18H18N2O3S/c21-17(9-12-3-1-2-4-12)20-18-19-14(11-24-18)13-5-6-15-16(10-13)23-8-7-22-15/h1,3,5-6,10-12H,2,4,7-9H2,(H,19,20,21). The van der Waals surface area contributed by atoms with E-state index in [0.717, 1.165) is 35.6 Å². The van der Waals surface area contributed by atoms with E-state index in [2.05, 4.69) is 22.5 Å². The molecule has 124 valence electrons. The Balaban J connectivity index is 1.44. The van der Waals surface area contributed by atoms with Gasteiger partial charge in [0, 0.05) is 17.4 Å². The molecular formula is C18H18N2O3S. The summed E-state index contributed by atoms with van der Waals surface area (Å²) < 4.78 is 11.1. The van der Waals surface area contributed by atoms with Gasteiger partial charge in [0.2, 0.25) is 5.91 Å². The average Bonchev–Trinajstić information content (AvgIpc) is 3.26. The van der Waals surface area contributed by atoms with E-state index in [4.69, 9.17) is 9.47 Å². The largest absolute Gasteiger partial charge is 0.486 e. The van der Waals surface area contributed by atoms with Crippen molar-refractivity contribution in [3.05, 3.63) is 35.7 Å². The molecule has 1 aromatic carbocycles. The lowest BCUT2D eigenvalue weighted by Gasteiger charge is -2.18. The predicted octanol–water partition coefficient (Wildman–Crippen LogP) is 3.88. The molecule has 24 heavy (non-hydrogen) atoms. The van der Waals surface area contributed by atoms with Crippen LogP contribution in [0.2, 0.25) is 0 Å². The number of nitrogens with one attached hydrogen (secondary N) is 1.